The summed E-state index contributed by atoms with van der Waals surface area (Å²) in [5, 5.41) is 1.68. The van der Waals surface area contributed by atoms with E-state index >= 15 is 0 Å². The second-order valence-corrected chi connectivity index (χ2v) is 3.02. The number of rotatable bonds is 0. The fourth-order valence-corrected chi connectivity index (χ4v) is 1.55. The second-order valence-electron chi connectivity index (χ2n) is 3.02. The Kier molecular flexibility index (Phi) is 2.51. The van der Waals surface area contributed by atoms with E-state index in [1.54, 1.807) is 6.07 Å². The molecule has 1 aromatic carbocycles. The minimum absolute atomic E-state index is 0. The molecule has 3 nitrogen and oxygen atoms in total. The Labute approximate surface area is 98.4 Å². The minimum atomic E-state index is -0.267. The molecule has 0 fully saturated rings. The maximum absolute atomic E-state index is 12.9. The number of aromatic amines is 1. The number of fused-ring (bicyclic) bond motifs is 3. The van der Waals surface area contributed by atoms with Crippen LogP contribution in [0.4, 0.5) is 4.39 Å². The SMILES string of the molecule is Fc1ccc2c(c1)[nH]c1ncn[c-]c12.[Re]. The van der Waals surface area contributed by atoms with Gasteiger partial charge in [-0.3, -0.25) is 0 Å². The van der Waals surface area contributed by atoms with E-state index in [-0.39, 0.29) is 26.2 Å². The van der Waals surface area contributed by atoms with E-state index in [1.165, 1.54) is 18.5 Å². The first-order valence-corrected chi connectivity index (χ1v) is 4.14. The topological polar surface area (TPSA) is 41.6 Å². The molecule has 0 unspecified atom stereocenters. The number of hydrogen-bond donors (Lipinski definition) is 1. The summed E-state index contributed by atoms with van der Waals surface area (Å²) >= 11 is 0. The van der Waals surface area contributed by atoms with Crippen molar-refractivity contribution in [2.24, 2.45) is 0 Å². The molecule has 0 saturated heterocycles. The Hall–Kier alpha value is -1.31. The zero-order valence-electron chi connectivity index (χ0n) is 7.46. The van der Waals surface area contributed by atoms with Crippen molar-refractivity contribution in [2.75, 3.05) is 0 Å². The van der Waals surface area contributed by atoms with Gasteiger partial charge in [0, 0.05) is 32.4 Å². The number of benzene rings is 1. The largest absolute Gasteiger partial charge is 0.387 e. The van der Waals surface area contributed by atoms with Crippen LogP contribution in [0.3, 0.4) is 0 Å². The van der Waals surface area contributed by atoms with Gasteiger partial charge in [0.1, 0.15) is 5.82 Å². The predicted molar refractivity (Wildman–Crippen MR) is 50.2 cm³/mol. The summed E-state index contributed by atoms with van der Waals surface area (Å²) in [5.41, 5.74) is 1.40. The zero-order valence-corrected chi connectivity index (χ0v) is 10.2. The summed E-state index contributed by atoms with van der Waals surface area (Å²) in [7, 11) is 0. The van der Waals surface area contributed by atoms with Gasteiger partial charge in [-0.1, -0.05) is 16.8 Å². The summed E-state index contributed by atoms with van der Waals surface area (Å²) in [5.74, 6) is -0.267. The number of nitrogens with zero attached hydrogens (tertiary/aromatic N) is 2. The number of hydrogen-bond acceptors (Lipinski definition) is 2. The normalized spacial score (nSPS) is 10.5. The van der Waals surface area contributed by atoms with Crippen LogP contribution < -0.4 is 0 Å². The van der Waals surface area contributed by atoms with Gasteiger partial charge in [-0.05, 0) is 23.8 Å². The molecule has 0 bridgehead atoms. The van der Waals surface area contributed by atoms with Crippen molar-refractivity contribution in [2.45, 2.75) is 0 Å². The molecule has 15 heavy (non-hydrogen) atoms. The molecular weight excluding hydrogens is 367 g/mol. The average molecular weight is 372 g/mol. The molecule has 3 rings (SSSR count). The van der Waals surface area contributed by atoms with Crippen LogP contribution in [-0.2, 0) is 20.4 Å². The smallest absolute Gasteiger partial charge is 0.123 e. The van der Waals surface area contributed by atoms with Gasteiger partial charge in [0.15, 0.2) is 0 Å². The summed E-state index contributed by atoms with van der Waals surface area (Å²) in [6, 6.07) is 4.55. The number of aromatic nitrogens is 3. The summed E-state index contributed by atoms with van der Waals surface area (Å²) in [4.78, 5) is 10.8. The molecule has 75 valence electrons. The maximum Gasteiger partial charge on any atom is 0.123 e. The third-order valence-corrected chi connectivity index (χ3v) is 2.16. The van der Waals surface area contributed by atoms with Gasteiger partial charge in [-0.2, -0.15) is 0 Å². The molecule has 1 N–H and O–H groups in total. The van der Waals surface area contributed by atoms with Gasteiger partial charge in [-0.15, -0.1) is 0 Å². The van der Waals surface area contributed by atoms with Crippen LogP contribution in [0.1, 0.15) is 0 Å². The van der Waals surface area contributed by atoms with E-state index in [4.69, 9.17) is 0 Å². The molecule has 2 aromatic heterocycles. The van der Waals surface area contributed by atoms with E-state index < -0.39 is 0 Å². The monoisotopic (exact) mass is 373 g/mol. The molecule has 1 radical (unpaired) electrons. The summed E-state index contributed by atoms with van der Waals surface area (Å²) < 4.78 is 12.9. The number of H-pyrrole nitrogens is 1. The second kappa shape index (κ2) is 3.69. The molecule has 5 heteroatoms. The Balaban J connectivity index is 0.000000853. The van der Waals surface area contributed by atoms with Crippen LogP contribution >= 0.6 is 0 Å². The van der Waals surface area contributed by atoms with Crippen LogP contribution in [0, 0.1) is 12.0 Å². The molecule has 0 spiro atoms. The van der Waals surface area contributed by atoms with E-state index in [0.29, 0.717) is 5.65 Å². The Morgan fingerprint density at radius 1 is 1.33 bits per heavy atom. The van der Waals surface area contributed by atoms with Gasteiger partial charge in [0.2, 0.25) is 0 Å². The standard InChI is InChI=1S/C10H5FN3.Re/c11-6-1-2-7-8-4-12-5-13-10(8)14-9(7)3-6;/h1-3,5H,(H,12,13,14);/q-1;. The quantitative estimate of drug-likeness (QED) is 0.614. The van der Waals surface area contributed by atoms with Crippen LogP contribution in [0.2, 0.25) is 0 Å². The third-order valence-electron chi connectivity index (χ3n) is 2.16. The minimum Gasteiger partial charge on any atom is -0.387 e. The molecule has 0 aliphatic heterocycles. The molecule has 2 heterocycles. The van der Waals surface area contributed by atoms with Gasteiger partial charge < -0.3 is 15.0 Å². The number of nitrogens with one attached hydrogen (secondary N) is 1. The van der Waals surface area contributed by atoms with E-state index in [2.05, 4.69) is 21.1 Å². The first kappa shape index (κ1) is 10.2. The van der Waals surface area contributed by atoms with Crippen molar-refractivity contribution in [3.8, 4) is 0 Å². The van der Waals surface area contributed by atoms with Crippen molar-refractivity contribution in [3.05, 3.63) is 36.5 Å². The average Bonchev–Trinajstić information content (AvgIpc) is 2.54. The molecular formula is C10H5FN3Re-. The Bertz CT molecular complexity index is 620. The zero-order chi connectivity index (χ0) is 9.54. The molecule has 0 aliphatic carbocycles. The van der Waals surface area contributed by atoms with Crippen LogP contribution in [0.15, 0.2) is 24.5 Å². The van der Waals surface area contributed by atoms with Crippen molar-refractivity contribution >= 4 is 21.9 Å². The molecule has 0 saturated carbocycles. The summed E-state index contributed by atoms with van der Waals surface area (Å²) in [6.45, 7) is 0. The van der Waals surface area contributed by atoms with Crippen LogP contribution in [0.5, 0.6) is 0 Å². The number of halogens is 1. The predicted octanol–water partition coefficient (Wildman–Crippen LogP) is 2.05. The van der Waals surface area contributed by atoms with Crippen molar-refractivity contribution in [1.29, 1.82) is 0 Å². The molecule has 0 atom stereocenters. The third kappa shape index (κ3) is 1.54. The first-order chi connectivity index (χ1) is 6.84. The summed E-state index contributed by atoms with van der Waals surface area (Å²) in [6.07, 6.45) is 4.24. The maximum atomic E-state index is 12.9. The van der Waals surface area contributed by atoms with Crippen molar-refractivity contribution in [3.63, 3.8) is 0 Å². The van der Waals surface area contributed by atoms with Gasteiger partial charge >= 0.3 is 0 Å². The first-order valence-electron chi connectivity index (χ1n) is 4.14. The molecule has 0 aliphatic rings. The Morgan fingerprint density at radius 2 is 2.20 bits per heavy atom. The van der Waals surface area contributed by atoms with E-state index in [9.17, 15) is 4.39 Å². The van der Waals surface area contributed by atoms with Gasteiger partial charge in [0.05, 0.1) is 0 Å². The molecule has 0 amide bonds. The fraction of sp³-hybridized carbons (Fsp3) is 0. The van der Waals surface area contributed by atoms with Gasteiger partial charge in [0.25, 0.3) is 0 Å². The Morgan fingerprint density at radius 3 is 3.07 bits per heavy atom. The molecule has 3 aromatic rings. The van der Waals surface area contributed by atoms with Crippen molar-refractivity contribution < 1.29 is 24.8 Å². The van der Waals surface area contributed by atoms with Crippen LogP contribution in [0.25, 0.3) is 21.9 Å². The fourth-order valence-electron chi connectivity index (χ4n) is 1.55. The van der Waals surface area contributed by atoms with Gasteiger partial charge in [-0.25, -0.2) is 4.39 Å². The van der Waals surface area contributed by atoms with Crippen molar-refractivity contribution in [1.82, 2.24) is 15.0 Å². The van der Waals surface area contributed by atoms with Crippen LogP contribution in [-0.4, -0.2) is 15.0 Å². The van der Waals surface area contributed by atoms with E-state index in [0.717, 1.165) is 16.3 Å². The van der Waals surface area contributed by atoms with E-state index in [1.807, 2.05) is 0 Å².